The van der Waals surface area contributed by atoms with Gasteiger partial charge in [0.2, 0.25) is 0 Å². The fourth-order valence-corrected chi connectivity index (χ4v) is 2.20. The lowest BCUT2D eigenvalue weighted by atomic mass is 10.1. The van der Waals surface area contributed by atoms with Crippen molar-refractivity contribution in [2.24, 2.45) is 0 Å². The van der Waals surface area contributed by atoms with Crippen molar-refractivity contribution >= 4 is 11.3 Å². The molecule has 1 atom stereocenters. The van der Waals surface area contributed by atoms with E-state index in [1.54, 1.807) is 6.07 Å². The lowest BCUT2D eigenvalue weighted by Crippen LogP contribution is -2.02. The molecule has 0 aliphatic rings. The molecule has 0 saturated heterocycles. The van der Waals surface area contributed by atoms with Crippen molar-refractivity contribution in [2.45, 2.75) is 12.5 Å². The summed E-state index contributed by atoms with van der Waals surface area (Å²) < 4.78 is 26.2. The standard InChI is InChI=1S/C12H10F2OS/c13-9-3-4-10(14)8(6-9)7-11(15)12-2-1-5-16-12/h1-6,11,15H,7H2. The van der Waals surface area contributed by atoms with Gasteiger partial charge in [-0.2, -0.15) is 0 Å². The Morgan fingerprint density at radius 2 is 2.06 bits per heavy atom. The van der Waals surface area contributed by atoms with Crippen LogP contribution in [0.25, 0.3) is 0 Å². The molecule has 0 amide bonds. The Morgan fingerprint density at radius 3 is 2.75 bits per heavy atom. The molecule has 4 heteroatoms. The summed E-state index contributed by atoms with van der Waals surface area (Å²) in [5.41, 5.74) is 0.195. The minimum Gasteiger partial charge on any atom is -0.387 e. The van der Waals surface area contributed by atoms with Crippen LogP contribution >= 0.6 is 11.3 Å². The van der Waals surface area contributed by atoms with Gasteiger partial charge in [0.05, 0.1) is 6.10 Å². The molecule has 84 valence electrons. The van der Waals surface area contributed by atoms with Crippen molar-refractivity contribution in [3.05, 3.63) is 57.8 Å². The van der Waals surface area contributed by atoms with E-state index >= 15 is 0 Å². The summed E-state index contributed by atoms with van der Waals surface area (Å²) >= 11 is 1.39. The molecular weight excluding hydrogens is 230 g/mol. The maximum Gasteiger partial charge on any atom is 0.126 e. The number of thiophene rings is 1. The van der Waals surface area contributed by atoms with E-state index in [2.05, 4.69) is 0 Å². The first kappa shape index (κ1) is 11.2. The zero-order chi connectivity index (χ0) is 11.5. The predicted molar refractivity (Wildman–Crippen MR) is 59.3 cm³/mol. The van der Waals surface area contributed by atoms with Crippen LogP contribution in [-0.4, -0.2) is 5.11 Å². The molecule has 0 bridgehead atoms. The van der Waals surface area contributed by atoms with Gasteiger partial charge in [0.25, 0.3) is 0 Å². The maximum atomic E-state index is 13.3. The Bertz CT molecular complexity index is 468. The van der Waals surface area contributed by atoms with E-state index in [9.17, 15) is 13.9 Å². The number of aliphatic hydroxyl groups excluding tert-OH is 1. The van der Waals surface area contributed by atoms with Crippen molar-refractivity contribution in [3.63, 3.8) is 0 Å². The van der Waals surface area contributed by atoms with Crippen LogP contribution < -0.4 is 0 Å². The maximum absolute atomic E-state index is 13.3. The van der Waals surface area contributed by atoms with Crippen molar-refractivity contribution in [1.29, 1.82) is 0 Å². The van der Waals surface area contributed by atoms with Crippen molar-refractivity contribution in [3.8, 4) is 0 Å². The van der Waals surface area contributed by atoms with Crippen LogP contribution in [0.2, 0.25) is 0 Å². The number of hydrogen-bond acceptors (Lipinski definition) is 2. The summed E-state index contributed by atoms with van der Waals surface area (Å²) in [4.78, 5) is 0.753. The van der Waals surface area contributed by atoms with Crippen LogP contribution in [0.5, 0.6) is 0 Å². The Labute approximate surface area is 96.0 Å². The van der Waals surface area contributed by atoms with Gasteiger partial charge in [0.1, 0.15) is 11.6 Å². The summed E-state index contributed by atoms with van der Waals surface area (Å²) in [6.45, 7) is 0. The fraction of sp³-hybridized carbons (Fsp3) is 0.167. The van der Waals surface area contributed by atoms with E-state index in [4.69, 9.17) is 0 Å². The molecule has 1 unspecified atom stereocenters. The van der Waals surface area contributed by atoms with Gasteiger partial charge in [-0.25, -0.2) is 8.78 Å². The average Bonchev–Trinajstić information content (AvgIpc) is 2.76. The first-order valence-electron chi connectivity index (χ1n) is 4.82. The van der Waals surface area contributed by atoms with Crippen molar-refractivity contribution in [2.75, 3.05) is 0 Å². The second-order valence-corrected chi connectivity index (χ2v) is 4.45. The van der Waals surface area contributed by atoms with Gasteiger partial charge < -0.3 is 5.11 Å². The van der Waals surface area contributed by atoms with E-state index < -0.39 is 17.7 Å². The summed E-state index contributed by atoms with van der Waals surface area (Å²) in [7, 11) is 0. The van der Waals surface area contributed by atoms with Gasteiger partial charge in [-0.05, 0) is 35.2 Å². The predicted octanol–water partition coefficient (Wildman–Crippen LogP) is 3.30. The van der Waals surface area contributed by atoms with Crippen molar-refractivity contribution in [1.82, 2.24) is 0 Å². The second kappa shape index (κ2) is 4.72. The Kier molecular flexibility index (Phi) is 3.31. The van der Waals surface area contributed by atoms with E-state index in [0.717, 1.165) is 23.1 Å². The number of rotatable bonds is 3. The zero-order valence-corrected chi connectivity index (χ0v) is 9.18. The summed E-state index contributed by atoms with van der Waals surface area (Å²) in [6.07, 6.45) is -0.694. The van der Waals surface area contributed by atoms with Crippen LogP contribution in [0.3, 0.4) is 0 Å². The summed E-state index contributed by atoms with van der Waals surface area (Å²) in [6, 6.07) is 6.84. The number of aliphatic hydroxyl groups is 1. The van der Waals surface area contributed by atoms with Crippen LogP contribution in [0, 0.1) is 11.6 Å². The van der Waals surface area contributed by atoms with Crippen LogP contribution in [0.4, 0.5) is 8.78 Å². The highest BCUT2D eigenvalue weighted by atomic mass is 32.1. The lowest BCUT2D eigenvalue weighted by Gasteiger charge is -2.09. The smallest absolute Gasteiger partial charge is 0.126 e. The van der Waals surface area contributed by atoms with Gasteiger partial charge in [-0.3, -0.25) is 0 Å². The number of benzene rings is 1. The van der Waals surface area contributed by atoms with Gasteiger partial charge in [0.15, 0.2) is 0 Å². The fourth-order valence-electron chi connectivity index (χ4n) is 1.49. The molecule has 16 heavy (non-hydrogen) atoms. The number of halogens is 2. The third-order valence-corrected chi connectivity index (χ3v) is 3.27. The highest BCUT2D eigenvalue weighted by molar-refractivity contribution is 7.10. The third kappa shape index (κ3) is 2.46. The van der Waals surface area contributed by atoms with Gasteiger partial charge in [0, 0.05) is 11.3 Å². The third-order valence-electron chi connectivity index (χ3n) is 2.29. The first-order valence-corrected chi connectivity index (χ1v) is 5.70. The average molecular weight is 240 g/mol. The molecule has 0 fully saturated rings. The van der Waals surface area contributed by atoms with E-state index in [0.29, 0.717) is 0 Å². The molecule has 2 rings (SSSR count). The molecular formula is C12H10F2OS. The van der Waals surface area contributed by atoms with Gasteiger partial charge in [-0.1, -0.05) is 6.07 Å². The topological polar surface area (TPSA) is 20.2 Å². The van der Waals surface area contributed by atoms with Crippen LogP contribution in [0.15, 0.2) is 35.7 Å². The zero-order valence-electron chi connectivity index (χ0n) is 8.36. The van der Waals surface area contributed by atoms with E-state index in [1.165, 1.54) is 11.3 Å². The molecule has 1 N–H and O–H groups in total. The lowest BCUT2D eigenvalue weighted by molar-refractivity contribution is 0.181. The van der Waals surface area contributed by atoms with Crippen molar-refractivity contribution < 1.29 is 13.9 Å². The van der Waals surface area contributed by atoms with Gasteiger partial charge >= 0.3 is 0 Å². The van der Waals surface area contributed by atoms with E-state index in [-0.39, 0.29) is 12.0 Å². The second-order valence-electron chi connectivity index (χ2n) is 3.47. The highest BCUT2D eigenvalue weighted by Crippen LogP contribution is 2.24. The summed E-state index contributed by atoms with van der Waals surface area (Å²) in [5.74, 6) is -0.980. The minimum atomic E-state index is -0.781. The monoisotopic (exact) mass is 240 g/mol. The largest absolute Gasteiger partial charge is 0.387 e. The molecule has 1 heterocycles. The highest BCUT2D eigenvalue weighted by Gasteiger charge is 2.13. The molecule has 1 aromatic heterocycles. The summed E-state index contributed by atoms with van der Waals surface area (Å²) in [5, 5.41) is 11.6. The Hall–Kier alpha value is -1.26. The normalized spacial score (nSPS) is 12.7. The first-order chi connectivity index (χ1) is 7.66. The SMILES string of the molecule is OC(Cc1cc(F)ccc1F)c1cccs1. The van der Waals surface area contributed by atoms with E-state index in [1.807, 2.05) is 11.4 Å². The minimum absolute atomic E-state index is 0.0874. The van der Waals surface area contributed by atoms with Crippen LogP contribution in [0.1, 0.15) is 16.5 Å². The molecule has 1 nitrogen and oxygen atoms in total. The molecule has 0 aliphatic carbocycles. The number of hydrogen-bond donors (Lipinski definition) is 1. The molecule has 1 aromatic carbocycles. The van der Waals surface area contributed by atoms with Crippen LogP contribution in [-0.2, 0) is 6.42 Å². The molecule has 2 aromatic rings. The molecule has 0 spiro atoms. The molecule has 0 aliphatic heterocycles. The quantitative estimate of drug-likeness (QED) is 0.872. The van der Waals surface area contributed by atoms with Gasteiger partial charge in [-0.15, -0.1) is 11.3 Å². The Balaban J connectivity index is 2.17. The molecule has 0 radical (unpaired) electrons. The Morgan fingerprint density at radius 1 is 1.25 bits per heavy atom. The molecule has 0 saturated carbocycles.